The maximum Gasteiger partial charge on any atom is 0.147 e. The minimum Gasteiger partial charge on any atom is -0.372 e. The highest BCUT2D eigenvalue weighted by molar-refractivity contribution is 6.30. The number of nitrogens with two attached hydrogens (primary N) is 1. The summed E-state index contributed by atoms with van der Waals surface area (Å²) >= 11 is 5.86. The molecular weight excluding hydrogens is 267 g/mol. The smallest absolute Gasteiger partial charge is 0.147 e. The van der Waals surface area contributed by atoms with Gasteiger partial charge in [0.25, 0.3) is 0 Å². The average Bonchev–Trinajstić information content (AvgIpc) is 2.45. The topological polar surface area (TPSA) is 47.3 Å². The summed E-state index contributed by atoms with van der Waals surface area (Å²) in [6.07, 6.45) is 1.82. The third-order valence-electron chi connectivity index (χ3n) is 3.47. The third-order valence-corrected chi connectivity index (χ3v) is 3.76. The van der Waals surface area contributed by atoms with Crippen LogP contribution in [0.5, 0.6) is 0 Å². The number of halogens is 2. The van der Waals surface area contributed by atoms with E-state index in [1.807, 2.05) is 0 Å². The molecule has 1 aliphatic rings. The van der Waals surface area contributed by atoms with Gasteiger partial charge in [-0.25, -0.2) is 4.39 Å². The van der Waals surface area contributed by atoms with Crippen molar-refractivity contribution in [2.24, 2.45) is 11.7 Å². The monoisotopic (exact) mass is 286 g/mol. The molecule has 0 amide bonds. The maximum absolute atomic E-state index is 14.2. The Morgan fingerprint density at radius 3 is 3.05 bits per heavy atom. The molecule has 1 heterocycles. The molecule has 0 aliphatic carbocycles. The lowest BCUT2D eigenvalue weighted by Gasteiger charge is -2.31. The van der Waals surface area contributed by atoms with Gasteiger partial charge in [-0.1, -0.05) is 23.7 Å². The highest BCUT2D eigenvalue weighted by Crippen LogP contribution is 2.34. The molecule has 19 heavy (non-hydrogen) atoms. The summed E-state index contributed by atoms with van der Waals surface area (Å²) in [6, 6.07) is 5.06. The van der Waals surface area contributed by atoms with Crippen LogP contribution in [0.3, 0.4) is 0 Å². The Bertz CT molecular complexity index is 410. The third kappa shape index (κ3) is 3.66. The van der Waals surface area contributed by atoms with Crippen molar-refractivity contribution in [3.63, 3.8) is 0 Å². The summed E-state index contributed by atoms with van der Waals surface area (Å²) in [5.41, 5.74) is 6.03. The van der Waals surface area contributed by atoms with Crippen molar-refractivity contribution in [3.05, 3.63) is 34.6 Å². The highest BCUT2D eigenvalue weighted by Gasteiger charge is 2.28. The van der Waals surface area contributed by atoms with Crippen LogP contribution in [0.25, 0.3) is 0 Å². The van der Waals surface area contributed by atoms with Crippen molar-refractivity contribution in [3.8, 4) is 0 Å². The van der Waals surface area contributed by atoms with Crippen molar-refractivity contribution in [1.82, 2.24) is 5.32 Å². The molecule has 2 atom stereocenters. The SMILES string of the molecule is NCCOC(c1cccc(Cl)c1F)C1CCCNC1. The lowest BCUT2D eigenvalue weighted by atomic mass is 9.89. The molecule has 2 unspecified atom stereocenters. The summed E-state index contributed by atoms with van der Waals surface area (Å²) in [7, 11) is 0. The average molecular weight is 287 g/mol. The zero-order valence-corrected chi connectivity index (χ0v) is 11.6. The summed E-state index contributed by atoms with van der Waals surface area (Å²) < 4.78 is 20.0. The van der Waals surface area contributed by atoms with E-state index >= 15 is 0 Å². The molecule has 1 fully saturated rings. The van der Waals surface area contributed by atoms with E-state index in [9.17, 15) is 4.39 Å². The van der Waals surface area contributed by atoms with Crippen LogP contribution in [0, 0.1) is 11.7 Å². The molecule has 3 N–H and O–H groups in total. The van der Waals surface area contributed by atoms with E-state index in [4.69, 9.17) is 22.1 Å². The van der Waals surface area contributed by atoms with E-state index in [0.717, 1.165) is 25.9 Å². The van der Waals surface area contributed by atoms with Gasteiger partial charge in [0, 0.05) is 24.6 Å². The molecule has 1 aromatic carbocycles. The van der Waals surface area contributed by atoms with E-state index in [0.29, 0.717) is 18.7 Å². The number of hydrogen-bond donors (Lipinski definition) is 2. The molecule has 106 valence electrons. The zero-order valence-electron chi connectivity index (χ0n) is 10.9. The second-order valence-corrected chi connectivity index (χ2v) is 5.24. The first-order valence-corrected chi connectivity index (χ1v) is 7.08. The van der Waals surface area contributed by atoms with Crippen molar-refractivity contribution in [1.29, 1.82) is 0 Å². The molecule has 5 heteroatoms. The first-order valence-electron chi connectivity index (χ1n) is 6.70. The van der Waals surface area contributed by atoms with Crippen LogP contribution in [0.2, 0.25) is 5.02 Å². The molecule has 0 aromatic heterocycles. The number of benzene rings is 1. The van der Waals surface area contributed by atoms with Gasteiger partial charge in [0.2, 0.25) is 0 Å². The van der Waals surface area contributed by atoms with E-state index in [1.165, 1.54) is 0 Å². The van der Waals surface area contributed by atoms with Gasteiger partial charge in [0.15, 0.2) is 0 Å². The fraction of sp³-hybridized carbons (Fsp3) is 0.571. The van der Waals surface area contributed by atoms with Crippen molar-refractivity contribution >= 4 is 11.6 Å². The van der Waals surface area contributed by atoms with Gasteiger partial charge in [0.1, 0.15) is 5.82 Å². The summed E-state index contributed by atoms with van der Waals surface area (Å²) in [4.78, 5) is 0. The van der Waals surface area contributed by atoms with Gasteiger partial charge in [-0.05, 0) is 25.5 Å². The van der Waals surface area contributed by atoms with Gasteiger partial charge in [-0.3, -0.25) is 0 Å². The Kier molecular flexibility index (Phi) is 5.58. The quantitative estimate of drug-likeness (QED) is 0.874. The lowest BCUT2D eigenvalue weighted by molar-refractivity contribution is 0.00502. The Labute approximate surface area is 118 Å². The highest BCUT2D eigenvalue weighted by atomic mass is 35.5. The maximum atomic E-state index is 14.2. The Morgan fingerprint density at radius 1 is 1.53 bits per heavy atom. The number of rotatable bonds is 5. The van der Waals surface area contributed by atoms with Gasteiger partial charge in [-0.2, -0.15) is 0 Å². The molecule has 1 saturated heterocycles. The largest absolute Gasteiger partial charge is 0.372 e. The Hall–Kier alpha value is -0.680. The molecule has 1 aromatic rings. The van der Waals surface area contributed by atoms with Gasteiger partial charge in [-0.15, -0.1) is 0 Å². The molecule has 3 nitrogen and oxygen atoms in total. The van der Waals surface area contributed by atoms with Gasteiger partial charge >= 0.3 is 0 Å². The Balaban J connectivity index is 2.22. The normalized spacial score (nSPS) is 21.3. The van der Waals surface area contributed by atoms with Gasteiger partial charge in [0.05, 0.1) is 17.7 Å². The number of ether oxygens (including phenoxy) is 1. The molecule has 0 radical (unpaired) electrons. The number of hydrogen-bond acceptors (Lipinski definition) is 3. The van der Waals surface area contributed by atoms with E-state index < -0.39 is 0 Å². The lowest BCUT2D eigenvalue weighted by Crippen LogP contribution is -2.35. The van der Waals surface area contributed by atoms with Crippen LogP contribution in [0.1, 0.15) is 24.5 Å². The summed E-state index contributed by atoms with van der Waals surface area (Å²) in [6.45, 7) is 2.70. The second kappa shape index (κ2) is 7.20. The summed E-state index contributed by atoms with van der Waals surface area (Å²) in [5.74, 6) is -0.120. The number of nitrogens with one attached hydrogen (secondary N) is 1. The minimum absolute atomic E-state index is 0.141. The first kappa shape index (κ1) is 14.7. The van der Waals surface area contributed by atoms with E-state index in [-0.39, 0.29) is 22.9 Å². The molecule has 0 saturated carbocycles. The standard InChI is InChI=1S/C14H20ClFN2O/c15-12-5-1-4-11(13(12)16)14(19-8-6-17)10-3-2-7-18-9-10/h1,4-5,10,14,18H,2-3,6-9,17H2. The van der Waals surface area contributed by atoms with Crippen LogP contribution < -0.4 is 11.1 Å². The molecule has 0 spiro atoms. The summed E-state index contributed by atoms with van der Waals surface area (Å²) in [5, 5.41) is 3.47. The Morgan fingerprint density at radius 2 is 2.37 bits per heavy atom. The minimum atomic E-state index is -0.378. The molecule has 1 aliphatic heterocycles. The van der Waals surface area contributed by atoms with Crippen LogP contribution in [0.4, 0.5) is 4.39 Å². The van der Waals surface area contributed by atoms with Crippen molar-refractivity contribution < 1.29 is 9.13 Å². The van der Waals surface area contributed by atoms with Crippen molar-refractivity contribution in [2.75, 3.05) is 26.2 Å². The zero-order chi connectivity index (χ0) is 13.7. The molecule has 0 bridgehead atoms. The van der Waals surface area contributed by atoms with Crippen LogP contribution in [0.15, 0.2) is 18.2 Å². The first-order chi connectivity index (χ1) is 9.24. The van der Waals surface area contributed by atoms with E-state index in [2.05, 4.69) is 5.32 Å². The fourth-order valence-corrected chi connectivity index (χ4v) is 2.73. The van der Waals surface area contributed by atoms with Crippen LogP contribution in [-0.4, -0.2) is 26.2 Å². The fourth-order valence-electron chi connectivity index (χ4n) is 2.55. The molecular formula is C14H20ClFN2O. The van der Waals surface area contributed by atoms with Crippen molar-refractivity contribution in [2.45, 2.75) is 18.9 Å². The predicted molar refractivity (Wildman–Crippen MR) is 74.8 cm³/mol. The van der Waals surface area contributed by atoms with E-state index in [1.54, 1.807) is 18.2 Å². The number of piperidine rings is 1. The van der Waals surface area contributed by atoms with Crippen LogP contribution >= 0.6 is 11.6 Å². The second-order valence-electron chi connectivity index (χ2n) is 4.83. The predicted octanol–water partition coefficient (Wildman–Crippen LogP) is 2.50. The van der Waals surface area contributed by atoms with Crippen LogP contribution in [-0.2, 0) is 4.74 Å². The van der Waals surface area contributed by atoms with Gasteiger partial charge < -0.3 is 15.8 Å². The molecule has 2 rings (SSSR count).